The zero-order valence-electron chi connectivity index (χ0n) is 18.2. The van der Waals surface area contributed by atoms with Crippen molar-refractivity contribution in [2.45, 2.75) is 43.8 Å². The Bertz CT molecular complexity index is 1250. The highest BCUT2D eigenvalue weighted by Gasteiger charge is 2.16. The van der Waals surface area contributed by atoms with Gasteiger partial charge in [-0.1, -0.05) is 32.5 Å². The number of rotatable bonds is 9. The predicted molar refractivity (Wildman–Crippen MR) is 126 cm³/mol. The van der Waals surface area contributed by atoms with E-state index < -0.39 is 10.0 Å². The summed E-state index contributed by atoms with van der Waals surface area (Å²) in [5.74, 6) is -0.111. The first kappa shape index (κ1) is 24.0. The number of carbonyl (C=O) groups is 2. The minimum atomic E-state index is -3.82. The molecule has 3 aromatic rings. The molecule has 0 fully saturated rings. The van der Waals surface area contributed by atoms with Gasteiger partial charge in [0, 0.05) is 23.7 Å². The van der Waals surface area contributed by atoms with Crippen LogP contribution >= 0.6 is 11.8 Å². The minimum absolute atomic E-state index is 0.00317. The van der Waals surface area contributed by atoms with Crippen LogP contribution in [0, 0.1) is 5.92 Å². The fourth-order valence-electron chi connectivity index (χ4n) is 3.05. The zero-order chi connectivity index (χ0) is 23.5. The molecule has 0 saturated heterocycles. The van der Waals surface area contributed by atoms with Crippen LogP contribution in [0.4, 0.5) is 5.69 Å². The molecule has 0 saturated carbocycles. The summed E-state index contributed by atoms with van der Waals surface area (Å²) in [5, 5.41) is 8.67. The summed E-state index contributed by atoms with van der Waals surface area (Å²) in [4.78, 5) is 29.0. The molecular formula is C22H26N4O4S2. The molecule has 10 heteroatoms. The molecule has 0 unspecified atom stereocenters. The number of Topliss-reactive ketones (excluding diaryl/α,β-unsaturated/α-hetero) is 1. The number of sulfonamides is 1. The van der Waals surface area contributed by atoms with Crippen molar-refractivity contribution in [3.8, 4) is 0 Å². The van der Waals surface area contributed by atoms with Crippen LogP contribution in [0.15, 0.2) is 52.5 Å². The van der Waals surface area contributed by atoms with Gasteiger partial charge in [-0.25, -0.2) is 18.5 Å². The summed E-state index contributed by atoms with van der Waals surface area (Å²) in [6, 6.07) is 11.4. The summed E-state index contributed by atoms with van der Waals surface area (Å²) in [6.07, 6.45) is 0.855. The van der Waals surface area contributed by atoms with Crippen LogP contribution in [0.25, 0.3) is 11.0 Å². The number of imidazole rings is 1. The van der Waals surface area contributed by atoms with Crippen molar-refractivity contribution in [1.29, 1.82) is 0 Å². The maximum atomic E-state index is 12.7. The van der Waals surface area contributed by atoms with E-state index in [1.165, 1.54) is 23.9 Å². The second-order valence-corrected chi connectivity index (χ2v) is 10.2. The number of nitrogens with zero attached hydrogens (tertiary/aromatic N) is 2. The van der Waals surface area contributed by atoms with Crippen molar-refractivity contribution < 1.29 is 18.0 Å². The molecular weight excluding hydrogens is 448 g/mol. The van der Waals surface area contributed by atoms with Gasteiger partial charge >= 0.3 is 0 Å². The van der Waals surface area contributed by atoms with E-state index in [0.29, 0.717) is 28.5 Å². The molecule has 0 aliphatic heterocycles. The molecule has 0 atom stereocenters. The Balaban J connectivity index is 1.76. The molecule has 0 radical (unpaired) electrons. The van der Waals surface area contributed by atoms with E-state index in [0.717, 1.165) is 11.9 Å². The standard InChI is InChI=1S/C22H26N4O4S2/c1-4-11-26-19-10-9-17(32(23,29)30)12-18(19)25-22(26)31-13-20(27)15-5-7-16(8-6-15)24-21(28)14(2)3/h5-10,12,14H,4,11,13H2,1-3H3,(H,24,28)(H2,23,29,30). The second kappa shape index (κ2) is 9.85. The summed E-state index contributed by atoms with van der Waals surface area (Å²) in [5.41, 5.74) is 2.49. The van der Waals surface area contributed by atoms with Crippen molar-refractivity contribution in [2.75, 3.05) is 11.1 Å². The molecule has 2 aromatic carbocycles. The number of aryl methyl sites for hydroxylation is 1. The number of hydrogen-bond donors (Lipinski definition) is 2. The highest BCUT2D eigenvalue weighted by molar-refractivity contribution is 7.99. The first-order chi connectivity index (χ1) is 15.1. The third-order valence-corrected chi connectivity index (χ3v) is 6.68. The number of anilines is 1. The van der Waals surface area contributed by atoms with Gasteiger partial charge in [0.1, 0.15) is 0 Å². The van der Waals surface area contributed by atoms with E-state index in [2.05, 4.69) is 10.3 Å². The number of aromatic nitrogens is 2. The number of primary sulfonamides is 1. The molecule has 1 aromatic heterocycles. The van der Waals surface area contributed by atoms with Crippen LogP contribution in [-0.4, -0.2) is 35.4 Å². The number of hydrogen-bond acceptors (Lipinski definition) is 6. The third kappa shape index (κ3) is 5.56. The van der Waals surface area contributed by atoms with E-state index in [9.17, 15) is 18.0 Å². The number of benzene rings is 2. The summed E-state index contributed by atoms with van der Waals surface area (Å²) >= 11 is 1.30. The van der Waals surface area contributed by atoms with Gasteiger partial charge in [0.25, 0.3) is 0 Å². The van der Waals surface area contributed by atoms with Gasteiger partial charge in [0.15, 0.2) is 10.9 Å². The highest BCUT2D eigenvalue weighted by atomic mass is 32.2. The van der Waals surface area contributed by atoms with Gasteiger partial charge in [-0.05, 0) is 48.9 Å². The van der Waals surface area contributed by atoms with Crippen LogP contribution in [0.2, 0.25) is 0 Å². The van der Waals surface area contributed by atoms with Crippen LogP contribution in [0.3, 0.4) is 0 Å². The Morgan fingerprint density at radius 2 is 1.84 bits per heavy atom. The topological polar surface area (TPSA) is 124 Å². The van der Waals surface area contributed by atoms with Gasteiger partial charge in [-0.15, -0.1) is 0 Å². The molecule has 170 valence electrons. The maximum absolute atomic E-state index is 12.7. The Morgan fingerprint density at radius 1 is 1.16 bits per heavy atom. The van der Waals surface area contributed by atoms with Crippen molar-refractivity contribution in [3.63, 3.8) is 0 Å². The van der Waals surface area contributed by atoms with Crippen molar-refractivity contribution in [1.82, 2.24) is 9.55 Å². The lowest BCUT2D eigenvalue weighted by Crippen LogP contribution is -2.17. The summed E-state index contributed by atoms with van der Waals surface area (Å²) in [7, 11) is -3.82. The molecule has 3 rings (SSSR count). The van der Waals surface area contributed by atoms with Crippen LogP contribution in [0.5, 0.6) is 0 Å². The molecule has 1 amide bonds. The van der Waals surface area contributed by atoms with E-state index in [4.69, 9.17) is 5.14 Å². The van der Waals surface area contributed by atoms with E-state index in [1.807, 2.05) is 25.3 Å². The lowest BCUT2D eigenvalue weighted by atomic mass is 10.1. The number of carbonyl (C=O) groups excluding carboxylic acids is 2. The zero-order valence-corrected chi connectivity index (χ0v) is 19.8. The van der Waals surface area contributed by atoms with Crippen molar-refractivity contribution >= 4 is 50.2 Å². The van der Waals surface area contributed by atoms with Crippen molar-refractivity contribution in [2.24, 2.45) is 11.1 Å². The van der Waals surface area contributed by atoms with Gasteiger partial charge in [-0.2, -0.15) is 0 Å². The van der Waals surface area contributed by atoms with Crippen LogP contribution in [-0.2, 0) is 21.4 Å². The van der Waals surface area contributed by atoms with Gasteiger partial charge in [-0.3, -0.25) is 9.59 Å². The monoisotopic (exact) mass is 474 g/mol. The highest BCUT2D eigenvalue weighted by Crippen LogP contribution is 2.27. The number of nitrogens with one attached hydrogen (secondary N) is 1. The SMILES string of the molecule is CCCn1c(SCC(=O)c2ccc(NC(=O)C(C)C)cc2)nc2cc(S(N)(=O)=O)ccc21. The van der Waals surface area contributed by atoms with E-state index in [-0.39, 0.29) is 28.3 Å². The van der Waals surface area contributed by atoms with Gasteiger partial charge < -0.3 is 9.88 Å². The molecule has 3 N–H and O–H groups in total. The summed E-state index contributed by atoms with van der Waals surface area (Å²) in [6.45, 7) is 6.34. The first-order valence-corrected chi connectivity index (χ1v) is 12.7. The van der Waals surface area contributed by atoms with E-state index >= 15 is 0 Å². The lowest BCUT2D eigenvalue weighted by molar-refractivity contribution is -0.118. The molecule has 0 bridgehead atoms. The summed E-state index contributed by atoms with van der Waals surface area (Å²) < 4.78 is 25.3. The average molecular weight is 475 g/mol. The average Bonchev–Trinajstić information content (AvgIpc) is 3.09. The van der Waals surface area contributed by atoms with E-state index in [1.54, 1.807) is 30.3 Å². The van der Waals surface area contributed by atoms with Crippen molar-refractivity contribution in [3.05, 3.63) is 48.0 Å². The number of fused-ring (bicyclic) bond motifs is 1. The molecule has 0 aliphatic rings. The number of ketones is 1. The molecule has 1 heterocycles. The minimum Gasteiger partial charge on any atom is -0.326 e. The number of nitrogens with two attached hydrogens (primary N) is 1. The predicted octanol–water partition coefficient (Wildman–Crippen LogP) is 3.66. The Kier molecular flexibility index (Phi) is 7.37. The Hall–Kier alpha value is -2.69. The number of amides is 1. The smallest absolute Gasteiger partial charge is 0.238 e. The normalized spacial score (nSPS) is 11.8. The molecule has 0 spiro atoms. The largest absolute Gasteiger partial charge is 0.326 e. The first-order valence-electron chi connectivity index (χ1n) is 10.2. The quantitative estimate of drug-likeness (QED) is 0.360. The molecule has 8 nitrogen and oxygen atoms in total. The lowest BCUT2D eigenvalue weighted by Gasteiger charge is -2.09. The maximum Gasteiger partial charge on any atom is 0.238 e. The molecule has 32 heavy (non-hydrogen) atoms. The number of thioether (sulfide) groups is 1. The van der Waals surface area contributed by atoms with Gasteiger partial charge in [0.05, 0.1) is 21.7 Å². The third-order valence-electron chi connectivity index (χ3n) is 4.79. The fraction of sp³-hybridized carbons (Fsp3) is 0.318. The van der Waals surface area contributed by atoms with Gasteiger partial charge in [0.2, 0.25) is 15.9 Å². The Morgan fingerprint density at radius 3 is 2.44 bits per heavy atom. The Labute approximate surface area is 191 Å². The van der Waals surface area contributed by atoms with Crippen LogP contribution in [0.1, 0.15) is 37.6 Å². The molecule has 0 aliphatic carbocycles. The second-order valence-electron chi connectivity index (χ2n) is 7.67. The van der Waals surface area contributed by atoms with Crippen LogP contribution < -0.4 is 10.5 Å². The fourth-order valence-corrected chi connectivity index (χ4v) is 4.52.